The fourth-order valence-corrected chi connectivity index (χ4v) is 1.95. The molecule has 0 unspecified atom stereocenters. The van der Waals surface area contributed by atoms with Crippen molar-refractivity contribution in [2.24, 2.45) is 0 Å². The topological polar surface area (TPSA) is 88.8 Å². The summed E-state index contributed by atoms with van der Waals surface area (Å²) >= 11 is 0. The van der Waals surface area contributed by atoms with Crippen molar-refractivity contribution in [3.05, 3.63) is 53.7 Å². The van der Waals surface area contributed by atoms with Gasteiger partial charge in [-0.1, -0.05) is 11.2 Å². The molecule has 22 heavy (non-hydrogen) atoms. The molecule has 3 aromatic rings. The molecule has 0 saturated carbocycles. The van der Waals surface area contributed by atoms with Gasteiger partial charge in [0.05, 0.1) is 0 Å². The van der Waals surface area contributed by atoms with Crippen LogP contribution in [0.5, 0.6) is 0 Å². The van der Waals surface area contributed by atoms with Crippen molar-refractivity contribution < 1.29 is 4.52 Å². The molecular formula is C15H16N6O. The van der Waals surface area contributed by atoms with E-state index >= 15 is 0 Å². The standard InChI is InChI=1S/C15H16N6O/c1-10-6-13(17-9-12-4-3-5-16-8-12)19-15(18-10)20-14-7-11(2)22-21-14/h3-8H,9H2,1-2H3,(H2,17,18,19,20,21). The second-order valence-electron chi connectivity index (χ2n) is 4.88. The first-order chi connectivity index (χ1) is 10.7. The molecule has 0 radical (unpaired) electrons. The maximum Gasteiger partial charge on any atom is 0.230 e. The predicted molar refractivity (Wildman–Crippen MR) is 82.9 cm³/mol. The normalized spacial score (nSPS) is 10.5. The molecule has 0 saturated heterocycles. The van der Waals surface area contributed by atoms with E-state index in [2.05, 4.69) is 30.7 Å². The molecule has 0 atom stereocenters. The minimum Gasteiger partial charge on any atom is -0.366 e. The Balaban J connectivity index is 1.72. The Morgan fingerprint density at radius 3 is 2.77 bits per heavy atom. The van der Waals surface area contributed by atoms with Crippen LogP contribution in [0.15, 0.2) is 41.2 Å². The summed E-state index contributed by atoms with van der Waals surface area (Å²) in [7, 11) is 0. The number of hydrogen-bond acceptors (Lipinski definition) is 7. The zero-order valence-corrected chi connectivity index (χ0v) is 12.4. The van der Waals surface area contributed by atoms with E-state index in [-0.39, 0.29) is 0 Å². The summed E-state index contributed by atoms with van der Waals surface area (Å²) in [5.74, 6) is 2.52. The Morgan fingerprint density at radius 1 is 1.14 bits per heavy atom. The Kier molecular flexibility index (Phi) is 3.95. The zero-order valence-electron chi connectivity index (χ0n) is 12.4. The summed E-state index contributed by atoms with van der Waals surface area (Å²) in [6.45, 7) is 4.39. The number of pyridine rings is 1. The van der Waals surface area contributed by atoms with E-state index < -0.39 is 0 Å². The predicted octanol–water partition coefficient (Wildman–Crippen LogP) is 2.83. The SMILES string of the molecule is Cc1cc(NCc2cccnc2)nc(Nc2cc(C)on2)n1. The van der Waals surface area contributed by atoms with Gasteiger partial charge in [-0.15, -0.1) is 0 Å². The number of anilines is 3. The average Bonchev–Trinajstić information content (AvgIpc) is 2.91. The summed E-state index contributed by atoms with van der Waals surface area (Å²) in [5.41, 5.74) is 1.94. The second-order valence-corrected chi connectivity index (χ2v) is 4.88. The van der Waals surface area contributed by atoms with Gasteiger partial charge in [0.2, 0.25) is 5.95 Å². The molecule has 3 aromatic heterocycles. The minimum absolute atomic E-state index is 0.474. The lowest BCUT2D eigenvalue weighted by atomic mass is 10.3. The van der Waals surface area contributed by atoms with Crippen LogP contribution in [0.25, 0.3) is 0 Å². The number of aryl methyl sites for hydroxylation is 2. The number of nitrogens with one attached hydrogen (secondary N) is 2. The maximum absolute atomic E-state index is 5.01. The maximum atomic E-state index is 5.01. The van der Waals surface area contributed by atoms with Crippen LogP contribution in [0, 0.1) is 13.8 Å². The largest absolute Gasteiger partial charge is 0.366 e. The van der Waals surface area contributed by atoms with Crippen LogP contribution in [0.2, 0.25) is 0 Å². The quantitative estimate of drug-likeness (QED) is 0.748. The van der Waals surface area contributed by atoms with Crippen molar-refractivity contribution in [3.63, 3.8) is 0 Å². The van der Waals surface area contributed by atoms with Gasteiger partial charge in [-0.3, -0.25) is 4.98 Å². The van der Waals surface area contributed by atoms with Crippen LogP contribution in [0.3, 0.4) is 0 Å². The van der Waals surface area contributed by atoms with Crippen molar-refractivity contribution in [2.45, 2.75) is 20.4 Å². The van der Waals surface area contributed by atoms with Gasteiger partial charge >= 0.3 is 0 Å². The van der Waals surface area contributed by atoms with E-state index in [1.807, 2.05) is 38.2 Å². The van der Waals surface area contributed by atoms with Gasteiger partial charge in [-0.2, -0.15) is 4.98 Å². The third-order valence-corrected chi connectivity index (χ3v) is 2.92. The Labute approximate surface area is 127 Å². The molecule has 0 bridgehead atoms. The van der Waals surface area contributed by atoms with E-state index in [4.69, 9.17) is 4.52 Å². The Morgan fingerprint density at radius 2 is 2.05 bits per heavy atom. The van der Waals surface area contributed by atoms with Gasteiger partial charge in [-0.25, -0.2) is 4.98 Å². The van der Waals surface area contributed by atoms with E-state index in [0.29, 0.717) is 18.3 Å². The highest BCUT2D eigenvalue weighted by molar-refractivity contribution is 5.51. The molecule has 3 rings (SSSR count). The first-order valence-electron chi connectivity index (χ1n) is 6.88. The molecule has 3 heterocycles. The summed E-state index contributed by atoms with van der Waals surface area (Å²) in [4.78, 5) is 12.8. The van der Waals surface area contributed by atoms with Crippen LogP contribution >= 0.6 is 0 Å². The molecule has 0 aliphatic rings. The fraction of sp³-hybridized carbons (Fsp3) is 0.200. The fourth-order valence-electron chi connectivity index (χ4n) is 1.95. The van der Waals surface area contributed by atoms with Crippen molar-refractivity contribution in [1.29, 1.82) is 0 Å². The highest BCUT2D eigenvalue weighted by Crippen LogP contribution is 2.16. The molecule has 112 valence electrons. The van der Waals surface area contributed by atoms with Crippen LogP contribution in [0.1, 0.15) is 17.0 Å². The summed E-state index contributed by atoms with van der Waals surface area (Å²) < 4.78 is 5.01. The molecule has 0 aliphatic carbocycles. The van der Waals surface area contributed by atoms with E-state index in [0.717, 1.165) is 22.8 Å². The molecule has 0 aliphatic heterocycles. The summed E-state index contributed by atoms with van der Waals surface area (Å²) in [5, 5.41) is 10.2. The van der Waals surface area contributed by atoms with E-state index in [9.17, 15) is 0 Å². The van der Waals surface area contributed by atoms with Crippen LogP contribution in [-0.2, 0) is 6.54 Å². The summed E-state index contributed by atoms with van der Waals surface area (Å²) in [6, 6.07) is 7.58. The van der Waals surface area contributed by atoms with E-state index in [1.54, 1.807) is 12.3 Å². The van der Waals surface area contributed by atoms with Crippen molar-refractivity contribution in [1.82, 2.24) is 20.1 Å². The molecular weight excluding hydrogens is 280 g/mol. The first-order valence-corrected chi connectivity index (χ1v) is 6.88. The molecule has 2 N–H and O–H groups in total. The van der Waals surface area contributed by atoms with Crippen LogP contribution < -0.4 is 10.6 Å². The molecule has 0 aromatic carbocycles. The van der Waals surface area contributed by atoms with Gasteiger partial charge in [-0.05, 0) is 25.5 Å². The monoisotopic (exact) mass is 296 g/mol. The lowest BCUT2D eigenvalue weighted by Crippen LogP contribution is -2.05. The lowest BCUT2D eigenvalue weighted by Gasteiger charge is -2.08. The van der Waals surface area contributed by atoms with Gasteiger partial charge < -0.3 is 15.2 Å². The van der Waals surface area contributed by atoms with E-state index in [1.165, 1.54) is 0 Å². The second kappa shape index (κ2) is 6.21. The van der Waals surface area contributed by atoms with Gasteiger partial charge in [0.15, 0.2) is 5.82 Å². The zero-order chi connectivity index (χ0) is 15.4. The highest BCUT2D eigenvalue weighted by atomic mass is 16.5. The number of nitrogens with zero attached hydrogens (tertiary/aromatic N) is 4. The summed E-state index contributed by atoms with van der Waals surface area (Å²) in [6.07, 6.45) is 3.57. The minimum atomic E-state index is 0.474. The Hall–Kier alpha value is -2.96. The third kappa shape index (κ3) is 3.57. The number of rotatable bonds is 5. The Bertz CT molecular complexity index is 756. The molecule has 7 heteroatoms. The van der Waals surface area contributed by atoms with Crippen molar-refractivity contribution in [3.8, 4) is 0 Å². The van der Waals surface area contributed by atoms with Gasteiger partial charge in [0, 0.05) is 36.8 Å². The van der Waals surface area contributed by atoms with Gasteiger partial charge in [0.25, 0.3) is 0 Å². The third-order valence-electron chi connectivity index (χ3n) is 2.92. The van der Waals surface area contributed by atoms with Gasteiger partial charge in [0.1, 0.15) is 11.6 Å². The molecule has 0 fully saturated rings. The lowest BCUT2D eigenvalue weighted by molar-refractivity contribution is 0.400. The molecule has 0 amide bonds. The number of aromatic nitrogens is 4. The van der Waals surface area contributed by atoms with Crippen molar-refractivity contribution >= 4 is 17.6 Å². The molecule has 7 nitrogen and oxygen atoms in total. The first kappa shape index (κ1) is 14.0. The highest BCUT2D eigenvalue weighted by Gasteiger charge is 2.06. The number of hydrogen-bond donors (Lipinski definition) is 2. The van der Waals surface area contributed by atoms with Crippen molar-refractivity contribution in [2.75, 3.05) is 10.6 Å². The average molecular weight is 296 g/mol. The smallest absolute Gasteiger partial charge is 0.230 e. The molecule has 0 spiro atoms. The van der Waals surface area contributed by atoms with Crippen LogP contribution in [-0.4, -0.2) is 20.1 Å². The van der Waals surface area contributed by atoms with Crippen LogP contribution in [0.4, 0.5) is 17.6 Å².